The number of ether oxygens (including phenoxy) is 1. The van der Waals surface area contributed by atoms with Crippen LogP contribution in [-0.4, -0.2) is 17.5 Å². The molecule has 1 aliphatic rings. The Labute approximate surface area is 121 Å². The van der Waals surface area contributed by atoms with E-state index < -0.39 is 0 Å². The Bertz CT molecular complexity index is 458. The minimum atomic E-state index is -0.200. The Morgan fingerprint density at radius 1 is 1.25 bits per heavy atom. The fourth-order valence-electron chi connectivity index (χ4n) is 3.03. The van der Waals surface area contributed by atoms with Gasteiger partial charge in [0.2, 0.25) is 0 Å². The number of oxime groups is 1. The van der Waals surface area contributed by atoms with E-state index in [-0.39, 0.29) is 5.60 Å². The smallest absolute Gasteiger partial charge is 0.0941 e. The Kier molecular flexibility index (Phi) is 5.18. The summed E-state index contributed by atoms with van der Waals surface area (Å²) < 4.78 is 6.33. The lowest BCUT2D eigenvalue weighted by molar-refractivity contribution is -0.0668. The van der Waals surface area contributed by atoms with Gasteiger partial charge in [0.25, 0.3) is 0 Å². The van der Waals surface area contributed by atoms with Crippen LogP contribution in [0.1, 0.15) is 56.6 Å². The van der Waals surface area contributed by atoms with Crippen LogP contribution in [-0.2, 0) is 10.3 Å². The number of unbranched alkanes of at least 4 members (excludes halogenated alkanes) is 1. The first kappa shape index (κ1) is 15.0. The van der Waals surface area contributed by atoms with E-state index >= 15 is 0 Å². The molecule has 0 heterocycles. The first-order chi connectivity index (χ1) is 9.72. The molecule has 0 bridgehead atoms. The largest absolute Gasteiger partial charge is 0.411 e. The number of benzene rings is 1. The molecular formula is C17H25NO2. The van der Waals surface area contributed by atoms with E-state index in [9.17, 15) is 0 Å². The molecule has 20 heavy (non-hydrogen) atoms. The zero-order chi connectivity index (χ0) is 14.4. The van der Waals surface area contributed by atoms with Gasteiger partial charge in [0.05, 0.1) is 11.3 Å². The first-order valence-corrected chi connectivity index (χ1v) is 7.62. The highest BCUT2D eigenvalue weighted by Crippen LogP contribution is 2.41. The maximum absolute atomic E-state index is 8.95. The fourth-order valence-corrected chi connectivity index (χ4v) is 3.03. The van der Waals surface area contributed by atoms with E-state index in [1.165, 1.54) is 11.1 Å². The maximum atomic E-state index is 8.95. The summed E-state index contributed by atoms with van der Waals surface area (Å²) in [5.41, 5.74) is 3.28. The molecule has 2 rings (SSSR count). The van der Waals surface area contributed by atoms with E-state index in [1.54, 1.807) is 0 Å². The monoisotopic (exact) mass is 275 g/mol. The zero-order valence-electron chi connectivity index (χ0n) is 12.6. The predicted octanol–water partition coefficient (Wildman–Crippen LogP) is 4.41. The molecular weight excluding hydrogens is 250 g/mol. The summed E-state index contributed by atoms with van der Waals surface area (Å²) in [5.74, 6) is 0. The number of hydrogen-bond acceptors (Lipinski definition) is 3. The van der Waals surface area contributed by atoms with Crippen molar-refractivity contribution in [2.75, 3.05) is 6.61 Å². The summed E-state index contributed by atoms with van der Waals surface area (Å²) in [5, 5.41) is 12.3. The molecule has 1 fully saturated rings. The van der Waals surface area contributed by atoms with Crippen molar-refractivity contribution in [2.45, 2.75) is 58.0 Å². The van der Waals surface area contributed by atoms with Crippen LogP contribution < -0.4 is 0 Å². The van der Waals surface area contributed by atoms with Crippen molar-refractivity contribution < 1.29 is 9.94 Å². The molecule has 0 aromatic heterocycles. The van der Waals surface area contributed by atoms with Crippen molar-refractivity contribution in [3.63, 3.8) is 0 Å². The van der Waals surface area contributed by atoms with E-state index in [0.29, 0.717) is 0 Å². The molecule has 1 aromatic carbocycles. The molecule has 110 valence electrons. The number of aryl methyl sites for hydroxylation is 1. The Morgan fingerprint density at radius 2 is 1.95 bits per heavy atom. The second-order valence-corrected chi connectivity index (χ2v) is 5.68. The quantitative estimate of drug-likeness (QED) is 0.491. The van der Waals surface area contributed by atoms with E-state index in [0.717, 1.165) is 50.8 Å². The van der Waals surface area contributed by atoms with Gasteiger partial charge in [-0.15, -0.1) is 0 Å². The van der Waals surface area contributed by atoms with E-state index in [2.05, 4.69) is 43.3 Å². The first-order valence-electron chi connectivity index (χ1n) is 7.62. The lowest BCUT2D eigenvalue weighted by atomic mass is 9.77. The summed E-state index contributed by atoms with van der Waals surface area (Å²) in [6.45, 7) is 5.13. The summed E-state index contributed by atoms with van der Waals surface area (Å²) >= 11 is 0. The van der Waals surface area contributed by atoms with Gasteiger partial charge in [-0.1, -0.05) is 42.8 Å². The van der Waals surface area contributed by atoms with Crippen LogP contribution in [0.5, 0.6) is 0 Å². The average molecular weight is 275 g/mol. The van der Waals surface area contributed by atoms with Gasteiger partial charge in [0.1, 0.15) is 0 Å². The van der Waals surface area contributed by atoms with Gasteiger partial charge in [0, 0.05) is 6.61 Å². The summed E-state index contributed by atoms with van der Waals surface area (Å²) in [6, 6.07) is 8.49. The molecule has 0 unspecified atom stereocenters. The SMILES string of the molecule is CCCCOC1(c2ccccc2C)CCC(=NO)CC1. The number of hydrogen-bond donors (Lipinski definition) is 1. The molecule has 0 radical (unpaired) electrons. The molecule has 0 atom stereocenters. The molecule has 0 amide bonds. The minimum Gasteiger partial charge on any atom is -0.411 e. The summed E-state index contributed by atoms with van der Waals surface area (Å²) in [6.07, 6.45) is 5.68. The highest BCUT2D eigenvalue weighted by molar-refractivity contribution is 5.84. The Balaban J connectivity index is 2.23. The van der Waals surface area contributed by atoms with Gasteiger partial charge in [-0.3, -0.25) is 0 Å². The van der Waals surface area contributed by atoms with Crippen LogP contribution in [0.25, 0.3) is 0 Å². The molecule has 1 N–H and O–H groups in total. The highest BCUT2D eigenvalue weighted by atomic mass is 16.5. The van der Waals surface area contributed by atoms with Crippen molar-refractivity contribution in [1.82, 2.24) is 0 Å². The van der Waals surface area contributed by atoms with Crippen LogP contribution in [0.3, 0.4) is 0 Å². The van der Waals surface area contributed by atoms with Gasteiger partial charge < -0.3 is 9.94 Å². The molecule has 0 spiro atoms. The third-order valence-electron chi connectivity index (χ3n) is 4.29. The standard InChI is InChI=1S/C17H25NO2/c1-3-4-13-20-17(11-9-15(18-19)10-12-17)16-8-6-5-7-14(16)2/h5-8,19H,3-4,9-13H2,1-2H3. The van der Waals surface area contributed by atoms with Gasteiger partial charge >= 0.3 is 0 Å². The van der Waals surface area contributed by atoms with Crippen LogP contribution in [0.2, 0.25) is 0 Å². The van der Waals surface area contributed by atoms with Crippen molar-refractivity contribution in [2.24, 2.45) is 5.16 Å². The molecule has 0 saturated heterocycles. The van der Waals surface area contributed by atoms with E-state index in [4.69, 9.17) is 9.94 Å². The van der Waals surface area contributed by atoms with Gasteiger partial charge in [-0.25, -0.2) is 0 Å². The number of rotatable bonds is 5. The van der Waals surface area contributed by atoms with Gasteiger partial charge in [-0.05, 0) is 50.2 Å². The third kappa shape index (κ3) is 3.21. The highest BCUT2D eigenvalue weighted by Gasteiger charge is 2.37. The summed E-state index contributed by atoms with van der Waals surface area (Å²) in [4.78, 5) is 0. The molecule has 3 heteroatoms. The second kappa shape index (κ2) is 6.89. The van der Waals surface area contributed by atoms with Gasteiger partial charge in [-0.2, -0.15) is 0 Å². The predicted molar refractivity (Wildman–Crippen MR) is 81.4 cm³/mol. The van der Waals surface area contributed by atoms with Gasteiger partial charge in [0.15, 0.2) is 0 Å². The van der Waals surface area contributed by atoms with Crippen molar-refractivity contribution in [1.29, 1.82) is 0 Å². The zero-order valence-corrected chi connectivity index (χ0v) is 12.6. The molecule has 1 aliphatic carbocycles. The molecule has 1 saturated carbocycles. The molecule has 3 nitrogen and oxygen atoms in total. The summed E-state index contributed by atoms with van der Waals surface area (Å²) in [7, 11) is 0. The fraction of sp³-hybridized carbons (Fsp3) is 0.588. The third-order valence-corrected chi connectivity index (χ3v) is 4.29. The van der Waals surface area contributed by atoms with Crippen LogP contribution in [0, 0.1) is 6.92 Å². The van der Waals surface area contributed by atoms with Crippen molar-refractivity contribution in [3.8, 4) is 0 Å². The second-order valence-electron chi connectivity index (χ2n) is 5.68. The topological polar surface area (TPSA) is 41.8 Å². The average Bonchev–Trinajstić information content (AvgIpc) is 2.49. The number of nitrogens with zero attached hydrogens (tertiary/aromatic N) is 1. The maximum Gasteiger partial charge on any atom is 0.0941 e. The lowest BCUT2D eigenvalue weighted by Crippen LogP contribution is -2.36. The van der Waals surface area contributed by atoms with Crippen LogP contribution in [0.4, 0.5) is 0 Å². The Hall–Kier alpha value is -1.35. The minimum absolute atomic E-state index is 0.200. The lowest BCUT2D eigenvalue weighted by Gasteiger charge is -2.39. The van der Waals surface area contributed by atoms with E-state index in [1.807, 2.05) is 0 Å². The van der Waals surface area contributed by atoms with Crippen LogP contribution >= 0.6 is 0 Å². The van der Waals surface area contributed by atoms with Crippen molar-refractivity contribution >= 4 is 5.71 Å². The molecule has 1 aromatic rings. The normalized spacial score (nSPS) is 22.8. The molecule has 0 aliphatic heterocycles. The Morgan fingerprint density at radius 3 is 2.55 bits per heavy atom. The van der Waals surface area contributed by atoms with Crippen molar-refractivity contribution in [3.05, 3.63) is 35.4 Å². The van der Waals surface area contributed by atoms with Crippen LogP contribution in [0.15, 0.2) is 29.4 Å².